The van der Waals surface area contributed by atoms with Gasteiger partial charge >= 0.3 is 5.97 Å². The van der Waals surface area contributed by atoms with Crippen molar-refractivity contribution in [3.8, 4) is 17.2 Å². The molecule has 0 saturated carbocycles. The molecule has 1 N–H and O–H groups in total. The molecule has 2 aromatic carbocycles. The molecule has 0 atom stereocenters. The summed E-state index contributed by atoms with van der Waals surface area (Å²) in [7, 11) is 4.30. The number of hydrogen-bond acceptors (Lipinski definition) is 7. The van der Waals surface area contributed by atoms with E-state index in [1.54, 1.807) is 6.07 Å². The quantitative estimate of drug-likeness (QED) is 0.516. The van der Waals surface area contributed by atoms with Gasteiger partial charge in [-0.2, -0.15) is 0 Å². The highest BCUT2D eigenvalue weighted by molar-refractivity contribution is 5.97. The number of carbonyl (C=O) groups excluding carboxylic acids is 3. The number of ether oxygens (including phenoxy) is 4. The van der Waals surface area contributed by atoms with E-state index in [1.165, 1.54) is 38.4 Å². The van der Waals surface area contributed by atoms with E-state index in [0.717, 1.165) is 5.56 Å². The molecule has 2 amide bonds. The summed E-state index contributed by atoms with van der Waals surface area (Å²) in [5.41, 5.74) is 1.68. The van der Waals surface area contributed by atoms with Crippen molar-refractivity contribution < 1.29 is 33.3 Å². The van der Waals surface area contributed by atoms with Crippen molar-refractivity contribution >= 4 is 23.5 Å². The van der Waals surface area contributed by atoms with Gasteiger partial charge in [0.1, 0.15) is 11.3 Å². The van der Waals surface area contributed by atoms with E-state index in [2.05, 4.69) is 5.32 Å². The third-order valence-corrected chi connectivity index (χ3v) is 4.85. The topological polar surface area (TPSA) is 103 Å². The monoisotopic (exact) mass is 458 g/mol. The molecule has 9 heteroatoms. The van der Waals surface area contributed by atoms with Crippen molar-refractivity contribution in [2.75, 3.05) is 46.3 Å². The van der Waals surface area contributed by atoms with Gasteiger partial charge in [0, 0.05) is 24.4 Å². The number of carbonyl (C=O) groups is 3. The first-order valence-electron chi connectivity index (χ1n) is 10.4. The Morgan fingerprint density at radius 1 is 0.939 bits per heavy atom. The van der Waals surface area contributed by atoms with Crippen molar-refractivity contribution in [2.45, 2.75) is 20.3 Å². The summed E-state index contributed by atoms with van der Waals surface area (Å²) in [6.45, 7) is 3.44. The molecule has 0 aromatic heterocycles. The summed E-state index contributed by atoms with van der Waals surface area (Å²) in [5, 5.41) is 2.80. The van der Waals surface area contributed by atoms with Crippen LogP contribution >= 0.6 is 0 Å². The summed E-state index contributed by atoms with van der Waals surface area (Å²) in [6, 6.07) is 10.3. The van der Waals surface area contributed by atoms with Crippen LogP contribution in [0.15, 0.2) is 36.4 Å². The molecule has 0 fully saturated rings. The van der Waals surface area contributed by atoms with Crippen LogP contribution in [0.2, 0.25) is 0 Å². The number of nitrogens with one attached hydrogen (secondary N) is 1. The number of methoxy groups -OCH3 is 3. The van der Waals surface area contributed by atoms with E-state index < -0.39 is 18.5 Å². The molecule has 0 spiro atoms. The molecule has 178 valence electrons. The normalized spacial score (nSPS) is 10.2. The summed E-state index contributed by atoms with van der Waals surface area (Å²) in [4.78, 5) is 39.2. The standard InChI is InChI=1S/C24H30N2O7/c1-6-11-26(14-22(27)25-18-10-8-7-9-16(18)2)23(28)15-33-24(29)17-12-20(31-4)21(32-5)13-19(17)30-3/h7-10,12-13H,6,11,14-15H2,1-5H3,(H,25,27). The Morgan fingerprint density at radius 2 is 1.58 bits per heavy atom. The lowest BCUT2D eigenvalue weighted by Gasteiger charge is -2.22. The highest BCUT2D eigenvalue weighted by atomic mass is 16.5. The zero-order chi connectivity index (χ0) is 24.4. The predicted molar refractivity (Wildman–Crippen MR) is 123 cm³/mol. The van der Waals surface area contributed by atoms with Crippen LogP contribution in [0.3, 0.4) is 0 Å². The predicted octanol–water partition coefficient (Wildman–Crippen LogP) is 3.05. The smallest absolute Gasteiger partial charge is 0.342 e. The maximum atomic E-state index is 12.7. The molecule has 0 aliphatic heterocycles. The van der Waals surface area contributed by atoms with Gasteiger partial charge in [-0.15, -0.1) is 0 Å². The number of amides is 2. The number of aryl methyl sites for hydroxylation is 1. The van der Waals surface area contributed by atoms with Gasteiger partial charge in [-0.3, -0.25) is 9.59 Å². The number of hydrogen-bond donors (Lipinski definition) is 1. The maximum absolute atomic E-state index is 12.7. The Morgan fingerprint density at radius 3 is 2.18 bits per heavy atom. The first-order chi connectivity index (χ1) is 15.8. The van der Waals surface area contributed by atoms with Crippen LogP contribution in [0.4, 0.5) is 5.69 Å². The molecule has 0 aliphatic rings. The Balaban J connectivity index is 2.05. The molecule has 9 nitrogen and oxygen atoms in total. The summed E-state index contributed by atoms with van der Waals surface area (Å²) in [6.07, 6.45) is 0.640. The fourth-order valence-electron chi connectivity index (χ4n) is 3.12. The van der Waals surface area contributed by atoms with Crippen molar-refractivity contribution in [1.29, 1.82) is 0 Å². The second-order valence-electron chi connectivity index (χ2n) is 7.16. The minimum absolute atomic E-state index is 0.0855. The highest BCUT2D eigenvalue weighted by Crippen LogP contribution is 2.34. The van der Waals surface area contributed by atoms with E-state index >= 15 is 0 Å². The second kappa shape index (κ2) is 12.3. The first kappa shape index (κ1) is 25.5. The molecule has 0 bridgehead atoms. The van der Waals surface area contributed by atoms with Crippen LogP contribution in [-0.2, 0) is 14.3 Å². The SMILES string of the molecule is CCCN(CC(=O)Nc1ccccc1C)C(=O)COC(=O)c1cc(OC)c(OC)cc1OC. The van der Waals surface area contributed by atoms with Gasteiger partial charge in [-0.1, -0.05) is 25.1 Å². The lowest BCUT2D eigenvalue weighted by atomic mass is 10.1. The van der Waals surface area contributed by atoms with Crippen LogP contribution < -0.4 is 19.5 Å². The molecule has 0 aliphatic carbocycles. The molecular weight excluding hydrogens is 428 g/mol. The second-order valence-corrected chi connectivity index (χ2v) is 7.16. The first-order valence-corrected chi connectivity index (χ1v) is 10.4. The number of para-hydroxylation sites is 1. The van der Waals surface area contributed by atoms with Crippen molar-refractivity contribution in [3.05, 3.63) is 47.5 Å². The maximum Gasteiger partial charge on any atom is 0.342 e. The minimum Gasteiger partial charge on any atom is -0.496 e. The number of esters is 1. The molecule has 0 saturated heterocycles. The third-order valence-electron chi connectivity index (χ3n) is 4.85. The van der Waals surface area contributed by atoms with E-state index in [-0.39, 0.29) is 23.8 Å². The van der Waals surface area contributed by atoms with Crippen molar-refractivity contribution in [1.82, 2.24) is 4.90 Å². The Labute approximate surface area is 193 Å². The number of rotatable bonds is 11. The lowest BCUT2D eigenvalue weighted by molar-refractivity contribution is -0.137. The van der Waals surface area contributed by atoms with Crippen LogP contribution in [-0.4, -0.2) is 63.7 Å². The number of nitrogens with zero attached hydrogens (tertiary/aromatic N) is 1. The van der Waals surface area contributed by atoms with Crippen molar-refractivity contribution in [3.63, 3.8) is 0 Å². The summed E-state index contributed by atoms with van der Waals surface area (Å²) in [5.74, 6) is -0.661. The largest absolute Gasteiger partial charge is 0.496 e. The van der Waals surface area contributed by atoms with Gasteiger partial charge in [0.2, 0.25) is 5.91 Å². The molecule has 2 aromatic rings. The molecule has 0 radical (unpaired) electrons. The molecule has 2 rings (SSSR count). The average Bonchev–Trinajstić information content (AvgIpc) is 2.82. The fraction of sp³-hybridized carbons (Fsp3) is 0.375. The van der Waals surface area contributed by atoms with Gasteiger partial charge in [-0.25, -0.2) is 4.79 Å². The van der Waals surface area contributed by atoms with Gasteiger partial charge in [0.15, 0.2) is 18.1 Å². The van der Waals surface area contributed by atoms with Crippen LogP contribution in [0, 0.1) is 6.92 Å². The van der Waals surface area contributed by atoms with E-state index in [4.69, 9.17) is 18.9 Å². The average molecular weight is 459 g/mol. The highest BCUT2D eigenvalue weighted by Gasteiger charge is 2.22. The Bertz CT molecular complexity index is 991. The third kappa shape index (κ3) is 6.86. The van der Waals surface area contributed by atoms with Crippen molar-refractivity contribution in [2.24, 2.45) is 0 Å². The van der Waals surface area contributed by atoms with Crippen LogP contribution in [0.25, 0.3) is 0 Å². The van der Waals surface area contributed by atoms with E-state index in [1.807, 2.05) is 32.0 Å². The van der Waals surface area contributed by atoms with Gasteiger partial charge in [0.25, 0.3) is 5.91 Å². The molecule has 33 heavy (non-hydrogen) atoms. The van der Waals surface area contributed by atoms with Gasteiger partial charge in [-0.05, 0) is 25.0 Å². The van der Waals surface area contributed by atoms with Gasteiger partial charge in [0.05, 0.1) is 27.9 Å². The Kier molecular flexibility index (Phi) is 9.53. The zero-order valence-corrected chi connectivity index (χ0v) is 19.6. The number of anilines is 1. The van der Waals surface area contributed by atoms with Gasteiger partial charge < -0.3 is 29.2 Å². The fourth-order valence-corrected chi connectivity index (χ4v) is 3.12. The minimum atomic E-state index is -0.762. The van der Waals surface area contributed by atoms with E-state index in [9.17, 15) is 14.4 Å². The van der Waals surface area contributed by atoms with Crippen LogP contribution in [0.1, 0.15) is 29.3 Å². The Hall–Kier alpha value is -3.75. The summed E-state index contributed by atoms with van der Waals surface area (Å²) >= 11 is 0. The summed E-state index contributed by atoms with van der Waals surface area (Å²) < 4.78 is 20.9. The van der Waals surface area contributed by atoms with Crippen LogP contribution in [0.5, 0.6) is 17.2 Å². The van der Waals surface area contributed by atoms with E-state index in [0.29, 0.717) is 30.2 Å². The zero-order valence-electron chi connectivity index (χ0n) is 19.6. The molecular formula is C24H30N2O7. The molecule has 0 heterocycles. The lowest BCUT2D eigenvalue weighted by Crippen LogP contribution is -2.40. The number of benzene rings is 2. The molecule has 0 unspecified atom stereocenters.